The summed E-state index contributed by atoms with van der Waals surface area (Å²) in [5.41, 5.74) is 6.63. The van der Waals surface area contributed by atoms with E-state index in [2.05, 4.69) is 9.88 Å². The van der Waals surface area contributed by atoms with Gasteiger partial charge in [0.1, 0.15) is 0 Å². The van der Waals surface area contributed by atoms with Crippen LogP contribution in [0.1, 0.15) is 25.6 Å². The molecule has 1 fully saturated rings. The minimum absolute atomic E-state index is 0.0131. The highest BCUT2D eigenvalue weighted by Gasteiger charge is 2.29. The van der Waals surface area contributed by atoms with Crippen molar-refractivity contribution in [1.29, 1.82) is 0 Å². The summed E-state index contributed by atoms with van der Waals surface area (Å²) in [4.78, 5) is 6.51. The lowest BCUT2D eigenvalue weighted by atomic mass is 10.3. The highest BCUT2D eigenvalue weighted by Crippen LogP contribution is 2.27. The largest absolute Gasteiger partial charge is 0.343 e. The summed E-state index contributed by atoms with van der Waals surface area (Å²) in [5.74, 6) is 0.421. The van der Waals surface area contributed by atoms with Gasteiger partial charge in [-0.05, 0) is 13.8 Å². The Kier molecular flexibility index (Phi) is 3.42. The van der Waals surface area contributed by atoms with Crippen LogP contribution in [0.25, 0.3) is 0 Å². The fraction of sp³-hybridized carbons (Fsp3) is 0.700. The number of nitrogens with zero attached hydrogens (tertiary/aromatic N) is 2. The molecule has 1 aromatic heterocycles. The second kappa shape index (κ2) is 4.55. The summed E-state index contributed by atoms with van der Waals surface area (Å²) in [6.07, 6.45) is 0. The first-order chi connectivity index (χ1) is 7.89. The molecule has 0 spiro atoms. The quantitative estimate of drug-likeness (QED) is 0.863. The zero-order valence-electron chi connectivity index (χ0n) is 9.96. The molecule has 5 nitrogen and oxygen atoms in total. The van der Waals surface area contributed by atoms with Gasteiger partial charge in [-0.25, -0.2) is 13.4 Å². The lowest BCUT2D eigenvalue weighted by Gasteiger charge is -2.32. The molecule has 1 aromatic rings. The minimum Gasteiger partial charge on any atom is -0.343 e. The van der Waals surface area contributed by atoms with E-state index in [0.29, 0.717) is 6.54 Å². The van der Waals surface area contributed by atoms with Crippen LogP contribution < -0.4 is 10.6 Å². The lowest BCUT2D eigenvalue weighted by molar-refractivity contribution is 0.567. The highest BCUT2D eigenvalue weighted by atomic mass is 32.2. The molecule has 0 radical (unpaired) electrons. The standard InChI is InChI=1S/C10H17N3O2S2/c1-7-6-17(14,15)4-3-13(7)10-12-9(5-16-10)8(2)11/h5,7-8H,3-4,6,11H2,1-2H3. The van der Waals surface area contributed by atoms with E-state index in [0.717, 1.165) is 10.8 Å². The van der Waals surface area contributed by atoms with E-state index >= 15 is 0 Å². The first-order valence-corrected chi connectivity index (χ1v) is 8.27. The fourth-order valence-corrected chi connectivity index (χ4v) is 4.51. The number of anilines is 1. The SMILES string of the molecule is CC(N)c1csc(N2CCS(=O)(=O)CC2C)n1. The van der Waals surface area contributed by atoms with Crippen molar-refractivity contribution in [1.82, 2.24) is 4.98 Å². The molecule has 2 rings (SSSR count). The van der Waals surface area contributed by atoms with Crippen LogP contribution in [0.3, 0.4) is 0 Å². The number of hydrogen-bond acceptors (Lipinski definition) is 6. The van der Waals surface area contributed by atoms with E-state index in [-0.39, 0.29) is 23.6 Å². The number of sulfone groups is 1. The van der Waals surface area contributed by atoms with Gasteiger partial charge in [-0.3, -0.25) is 0 Å². The predicted molar refractivity (Wildman–Crippen MR) is 70.2 cm³/mol. The molecule has 0 amide bonds. The smallest absolute Gasteiger partial charge is 0.185 e. The zero-order chi connectivity index (χ0) is 12.6. The van der Waals surface area contributed by atoms with E-state index in [1.165, 1.54) is 11.3 Å². The van der Waals surface area contributed by atoms with Crippen LogP contribution in [0, 0.1) is 0 Å². The molecule has 2 heterocycles. The van der Waals surface area contributed by atoms with Gasteiger partial charge < -0.3 is 10.6 Å². The maximum atomic E-state index is 11.5. The molecule has 2 atom stereocenters. The summed E-state index contributed by atoms with van der Waals surface area (Å²) < 4.78 is 23.0. The maximum absolute atomic E-state index is 11.5. The fourth-order valence-electron chi connectivity index (χ4n) is 1.90. The van der Waals surface area contributed by atoms with Gasteiger partial charge in [-0.2, -0.15) is 0 Å². The van der Waals surface area contributed by atoms with Crippen molar-refractivity contribution in [2.75, 3.05) is 23.0 Å². The monoisotopic (exact) mass is 275 g/mol. The second-order valence-electron chi connectivity index (χ2n) is 4.50. The topological polar surface area (TPSA) is 76.3 Å². The van der Waals surface area contributed by atoms with Crippen LogP contribution in [0.5, 0.6) is 0 Å². The van der Waals surface area contributed by atoms with E-state index in [9.17, 15) is 8.42 Å². The zero-order valence-corrected chi connectivity index (χ0v) is 11.6. The molecule has 17 heavy (non-hydrogen) atoms. The van der Waals surface area contributed by atoms with Crippen molar-refractivity contribution in [2.24, 2.45) is 5.73 Å². The number of aromatic nitrogens is 1. The predicted octanol–water partition coefficient (Wildman–Crippen LogP) is 0.786. The summed E-state index contributed by atoms with van der Waals surface area (Å²) in [5, 5.41) is 2.82. The third kappa shape index (κ3) is 2.78. The van der Waals surface area contributed by atoms with Crippen molar-refractivity contribution in [2.45, 2.75) is 25.9 Å². The molecule has 96 valence electrons. The van der Waals surface area contributed by atoms with E-state index < -0.39 is 9.84 Å². The molecule has 1 aliphatic heterocycles. The molecular formula is C10H17N3O2S2. The average Bonchev–Trinajstić information content (AvgIpc) is 2.65. The summed E-state index contributed by atoms with van der Waals surface area (Å²) in [6.45, 7) is 4.34. The van der Waals surface area contributed by atoms with E-state index in [1.807, 2.05) is 19.2 Å². The Hall–Kier alpha value is -0.660. The number of thiazole rings is 1. The Morgan fingerprint density at radius 1 is 1.65 bits per heavy atom. The van der Waals surface area contributed by atoms with E-state index in [4.69, 9.17) is 5.73 Å². The molecule has 1 saturated heterocycles. The molecule has 0 bridgehead atoms. The van der Waals surface area contributed by atoms with Gasteiger partial charge in [-0.1, -0.05) is 0 Å². The number of nitrogens with two attached hydrogens (primary N) is 1. The molecular weight excluding hydrogens is 258 g/mol. The third-order valence-corrected chi connectivity index (χ3v) is 5.58. The summed E-state index contributed by atoms with van der Waals surface area (Å²) in [7, 11) is -2.87. The molecule has 0 aromatic carbocycles. The van der Waals surface area contributed by atoms with Crippen molar-refractivity contribution >= 4 is 26.3 Å². The molecule has 0 saturated carbocycles. The first-order valence-electron chi connectivity index (χ1n) is 5.57. The third-order valence-electron chi connectivity index (χ3n) is 2.89. The molecule has 0 aliphatic carbocycles. The van der Waals surface area contributed by atoms with Gasteiger partial charge in [0, 0.05) is 24.0 Å². The number of hydrogen-bond donors (Lipinski definition) is 1. The molecule has 2 unspecified atom stereocenters. The minimum atomic E-state index is -2.87. The number of rotatable bonds is 2. The molecule has 2 N–H and O–H groups in total. The van der Waals surface area contributed by atoms with E-state index in [1.54, 1.807) is 0 Å². The second-order valence-corrected chi connectivity index (χ2v) is 7.57. The van der Waals surface area contributed by atoms with Crippen LogP contribution >= 0.6 is 11.3 Å². The van der Waals surface area contributed by atoms with Crippen molar-refractivity contribution in [3.63, 3.8) is 0 Å². The Bertz CT molecular complexity index is 495. The van der Waals surface area contributed by atoms with Gasteiger partial charge >= 0.3 is 0 Å². The summed E-state index contributed by atoms with van der Waals surface area (Å²) >= 11 is 1.53. The first kappa shape index (κ1) is 12.8. The van der Waals surface area contributed by atoms with Gasteiger partial charge in [-0.15, -0.1) is 11.3 Å². The van der Waals surface area contributed by atoms with Crippen molar-refractivity contribution in [3.05, 3.63) is 11.1 Å². The lowest BCUT2D eigenvalue weighted by Crippen LogP contribution is -2.47. The Morgan fingerprint density at radius 2 is 2.35 bits per heavy atom. The van der Waals surface area contributed by atoms with Gasteiger partial charge in [0.15, 0.2) is 15.0 Å². The Labute approximate surface area is 106 Å². The summed E-state index contributed by atoms with van der Waals surface area (Å²) in [6, 6.07) is -0.0929. The van der Waals surface area contributed by atoms with Gasteiger partial charge in [0.25, 0.3) is 0 Å². The van der Waals surface area contributed by atoms with Crippen LogP contribution in [0.2, 0.25) is 0 Å². The van der Waals surface area contributed by atoms with Crippen LogP contribution in [-0.2, 0) is 9.84 Å². The Morgan fingerprint density at radius 3 is 2.88 bits per heavy atom. The van der Waals surface area contributed by atoms with Crippen LogP contribution in [0.4, 0.5) is 5.13 Å². The van der Waals surface area contributed by atoms with Crippen molar-refractivity contribution < 1.29 is 8.42 Å². The van der Waals surface area contributed by atoms with Crippen LogP contribution in [0.15, 0.2) is 5.38 Å². The average molecular weight is 275 g/mol. The highest BCUT2D eigenvalue weighted by molar-refractivity contribution is 7.91. The van der Waals surface area contributed by atoms with Crippen molar-refractivity contribution in [3.8, 4) is 0 Å². The van der Waals surface area contributed by atoms with Gasteiger partial charge in [0.05, 0.1) is 17.2 Å². The molecule has 1 aliphatic rings. The Balaban J connectivity index is 2.17. The normalized spacial score (nSPS) is 25.8. The maximum Gasteiger partial charge on any atom is 0.185 e. The molecule has 7 heteroatoms. The van der Waals surface area contributed by atoms with Crippen LogP contribution in [-0.4, -0.2) is 37.5 Å². The van der Waals surface area contributed by atoms with Gasteiger partial charge in [0.2, 0.25) is 0 Å².